The summed E-state index contributed by atoms with van der Waals surface area (Å²) >= 11 is 7.83. The van der Waals surface area contributed by atoms with Crippen LogP contribution in [-0.2, 0) is 5.75 Å². The average molecular weight is 385 g/mol. The lowest BCUT2D eigenvalue weighted by Gasteiger charge is -2.07. The van der Waals surface area contributed by atoms with Crippen molar-refractivity contribution in [1.29, 1.82) is 0 Å². The highest BCUT2D eigenvalue weighted by molar-refractivity contribution is 7.98. The standard InChI is InChI=1S/C18H17ClN6S/c1-11-4-5-15(7-16(11)19)25-10-20-23-18(25)26-9-14-8-24-13(3)6-12(2)21-17(24)22-14/h4-8,10H,9H2,1-3H3. The maximum absolute atomic E-state index is 6.25. The van der Waals surface area contributed by atoms with Crippen LogP contribution in [-0.4, -0.2) is 29.1 Å². The van der Waals surface area contributed by atoms with Gasteiger partial charge in [0.05, 0.1) is 11.4 Å². The third kappa shape index (κ3) is 3.20. The van der Waals surface area contributed by atoms with Gasteiger partial charge in [0.2, 0.25) is 5.78 Å². The van der Waals surface area contributed by atoms with Gasteiger partial charge in [-0.15, -0.1) is 10.2 Å². The third-order valence-corrected chi connectivity index (χ3v) is 5.49. The number of halogens is 1. The van der Waals surface area contributed by atoms with Crippen molar-refractivity contribution in [1.82, 2.24) is 29.1 Å². The summed E-state index contributed by atoms with van der Waals surface area (Å²) in [6, 6.07) is 7.97. The number of rotatable bonds is 4. The first-order valence-electron chi connectivity index (χ1n) is 8.13. The summed E-state index contributed by atoms with van der Waals surface area (Å²) in [6.45, 7) is 6.01. The van der Waals surface area contributed by atoms with Crippen molar-refractivity contribution in [2.75, 3.05) is 0 Å². The molecule has 0 atom stereocenters. The lowest BCUT2D eigenvalue weighted by Crippen LogP contribution is -1.96. The molecule has 0 aliphatic carbocycles. The molecule has 1 aromatic carbocycles. The molecule has 6 nitrogen and oxygen atoms in total. The molecule has 0 amide bonds. The van der Waals surface area contributed by atoms with Crippen molar-refractivity contribution < 1.29 is 0 Å². The van der Waals surface area contributed by atoms with Crippen molar-refractivity contribution in [2.45, 2.75) is 31.7 Å². The Morgan fingerprint density at radius 1 is 1.12 bits per heavy atom. The molecule has 0 bridgehead atoms. The van der Waals surface area contributed by atoms with Crippen LogP contribution < -0.4 is 0 Å². The number of benzene rings is 1. The molecular weight excluding hydrogens is 368 g/mol. The van der Waals surface area contributed by atoms with Crippen LogP contribution in [0.15, 0.2) is 41.9 Å². The summed E-state index contributed by atoms with van der Waals surface area (Å²) in [4.78, 5) is 9.09. The molecule has 0 spiro atoms. The maximum atomic E-state index is 6.25. The summed E-state index contributed by atoms with van der Waals surface area (Å²) in [5.41, 5.74) is 5.02. The molecule has 0 saturated carbocycles. The molecule has 0 saturated heterocycles. The van der Waals surface area contributed by atoms with Crippen LogP contribution in [0.2, 0.25) is 5.02 Å². The smallest absolute Gasteiger partial charge is 0.234 e. The van der Waals surface area contributed by atoms with Crippen LogP contribution in [0.5, 0.6) is 0 Å². The van der Waals surface area contributed by atoms with Crippen molar-refractivity contribution in [2.24, 2.45) is 0 Å². The van der Waals surface area contributed by atoms with Crippen LogP contribution in [0.3, 0.4) is 0 Å². The van der Waals surface area contributed by atoms with E-state index in [9.17, 15) is 0 Å². The number of imidazole rings is 1. The highest BCUT2D eigenvalue weighted by atomic mass is 35.5. The Hall–Kier alpha value is -2.38. The molecule has 8 heteroatoms. The highest BCUT2D eigenvalue weighted by Gasteiger charge is 2.11. The topological polar surface area (TPSA) is 60.9 Å². The van der Waals surface area contributed by atoms with E-state index >= 15 is 0 Å². The minimum Gasteiger partial charge on any atom is -0.288 e. The summed E-state index contributed by atoms with van der Waals surface area (Å²) in [6.07, 6.45) is 3.72. The van der Waals surface area contributed by atoms with Gasteiger partial charge in [0.15, 0.2) is 5.16 Å². The number of nitrogens with zero attached hydrogens (tertiary/aromatic N) is 6. The second-order valence-corrected chi connectivity index (χ2v) is 7.50. The fourth-order valence-electron chi connectivity index (χ4n) is 2.76. The molecule has 0 radical (unpaired) electrons. The molecule has 132 valence electrons. The van der Waals surface area contributed by atoms with E-state index in [-0.39, 0.29) is 0 Å². The molecule has 3 aromatic heterocycles. The van der Waals surface area contributed by atoms with Gasteiger partial charge in [-0.3, -0.25) is 8.97 Å². The van der Waals surface area contributed by atoms with Gasteiger partial charge in [0, 0.05) is 28.4 Å². The quantitative estimate of drug-likeness (QED) is 0.494. The van der Waals surface area contributed by atoms with Gasteiger partial charge in [-0.2, -0.15) is 0 Å². The minimum absolute atomic E-state index is 0.681. The summed E-state index contributed by atoms with van der Waals surface area (Å²) < 4.78 is 3.94. The van der Waals surface area contributed by atoms with Crippen LogP contribution in [0.1, 0.15) is 22.6 Å². The minimum atomic E-state index is 0.681. The monoisotopic (exact) mass is 384 g/mol. The first kappa shape index (κ1) is 17.1. The number of aromatic nitrogens is 6. The molecule has 3 heterocycles. The van der Waals surface area contributed by atoms with E-state index in [1.807, 2.05) is 53.3 Å². The van der Waals surface area contributed by atoms with Crippen molar-refractivity contribution in [3.8, 4) is 5.69 Å². The Kier molecular flexibility index (Phi) is 4.42. The van der Waals surface area contributed by atoms with E-state index in [2.05, 4.69) is 27.1 Å². The van der Waals surface area contributed by atoms with E-state index in [1.54, 1.807) is 18.1 Å². The molecular formula is C18H17ClN6S. The van der Waals surface area contributed by atoms with Crippen LogP contribution in [0.4, 0.5) is 0 Å². The Morgan fingerprint density at radius 2 is 1.96 bits per heavy atom. The maximum Gasteiger partial charge on any atom is 0.234 e. The summed E-state index contributed by atoms with van der Waals surface area (Å²) in [7, 11) is 0. The average Bonchev–Trinajstić information content (AvgIpc) is 3.22. The van der Waals surface area contributed by atoms with E-state index in [1.165, 1.54) is 0 Å². The van der Waals surface area contributed by atoms with E-state index in [4.69, 9.17) is 11.6 Å². The Balaban J connectivity index is 1.58. The molecule has 0 aliphatic heterocycles. The van der Waals surface area contributed by atoms with E-state index in [0.29, 0.717) is 5.75 Å². The van der Waals surface area contributed by atoms with Gasteiger partial charge < -0.3 is 0 Å². The van der Waals surface area contributed by atoms with E-state index < -0.39 is 0 Å². The lowest BCUT2D eigenvalue weighted by molar-refractivity contribution is 0.883. The zero-order valence-electron chi connectivity index (χ0n) is 14.6. The van der Waals surface area contributed by atoms with Crippen LogP contribution in [0, 0.1) is 20.8 Å². The fraction of sp³-hybridized carbons (Fsp3) is 0.222. The lowest BCUT2D eigenvalue weighted by atomic mass is 10.2. The SMILES string of the molecule is Cc1cc(C)n2cc(CSc3nncn3-c3ccc(C)c(Cl)c3)nc2n1. The Labute approximate surface area is 160 Å². The normalized spacial score (nSPS) is 11.4. The summed E-state index contributed by atoms with van der Waals surface area (Å²) in [5, 5.41) is 9.79. The van der Waals surface area contributed by atoms with Crippen LogP contribution >= 0.6 is 23.4 Å². The molecule has 0 fully saturated rings. The highest BCUT2D eigenvalue weighted by Crippen LogP contribution is 2.26. The first-order chi connectivity index (χ1) is 12.5. The largest absolute Gasteiger partial charge is 0.288 e. The second-order valence-electron chi connectivity index (χ2n) is 6.15. The summed E-state index contributed by atoms with van der Waals surface area (Å²) in [5.74, 6) is 1.41. The molecule has 4 aromatic rings. The van der Waals surface area contributed by atoms with E-state index in [0.717, 1.165) is 44.3 Å². The van der Waals surface area contributed by atoms with Crippen molar-refractivity contribution >= 4 is 29.1 Å². The van der Waals surface area contributed by atoms with Gasteiger partial charge in [-0.25, -0.2) is 9.97 Å². The van der Waals surface area contributed by atoms with Gasteiger partial charge in [-0.1, -0.05) is 29.4 Å². The molecule has 4 rings (SSSR count). The number of thioether (sulfide) groups is 1. The van der Waals surface area contributed by atoms with Crippen molar-refractivity contribution in [3.05, 3.63) is 64.5 Å². The number of aryl methyl sites for hydroxylation is 3. The molecule has 0 N–H and O–H groups in total. The molecule has 26 heavy (non-hydrogen) atoms. The Morgan fingerprint density at radius 3 is 2.77 bits per heavy atom. The third-order valence-electron chi connectivity index (χ3n) is 4.11. The zero-order chi connectivity index (χ0) is 18.3. The zero-order valence-corrected chi connectivity index (χ0v) is 16.2. The number of fused-ring (bicyclic) bond motifs is 1. The van der Waals surface area contributed by atoms with Gasteiger partial charge in [-0.05, 0) is 44.5 Å². The van der Waals surface area contributed by atoms with Gasteiger partial charge in [0.25, 0.3) is 0 Å². The van der Waals surface area contributed by atoms with Crippen molar-refractivity contribution in [3.63, 3.8) is 0 Å². The molecule has 0 unspecified atom stereocenters. The Bertz CT molecular complexity index is 1100. The number of hydrogen-bond donors (Lipinski definition) is 0. The van der Waals surface area contributed by atoms with Gasteiger partial charge in [0.1, 0.15) is 6.33 Å². The number of hydrogen-bond acceptors (Lipinski definition) is 5. The van der Waals surface area contributed by atoms with Gasteiger partial charge >= 0.3 is 0 Å². The van der Waals surface area contributed by atoms with Crippen LogP contribution in [0.25, 0.3) is 11.5 Å². The molecule has 0 aliphatic rings. The fourth-order valence-corrected chi connectivity index (χ4v) is 3.75. The predicted octanol–water partition coefficient (Wildman–Crippen LogP) is 4.18. The first-order valence-corrected chi connectivity index (χ1v) is 9.49. The predicted molar refractivity (Wildman–Crippen MR) is 103 cm³/mol. The second kappa shape index (κ2) is 6.74.